The third kappa shape index (κ3) is 9.16. The van der Waals surface area contributed by atoms with Gasteiger partial charge in [0.1, 0.15) is 11.4 Å². The van der Waals surface area contributed by atoms with Crippen molar-refractivity contribution in [2.45, 2.75) is 18.7 Å². The summed E-state index contributed by atoms with van der Waals surface area (Å²) >= 11 is 2.69. The number of thiazole rings is 1. The van der Waals surface area contributed by atoms with Crippen LogP contribution in [0.15, 0.2) is 119 Å². The molecule has 46 heavy (non-hydrogen) atoms. The molecular formula is C36H32N4O4S2. The minimum Gasteiger partial charge on any atom is -0.494 e. The van der Waals surface area contributed by atoms with E-state index >= 15 is 0 Å². The maximum absolute atomic E-state index is 13.4. The predicted molar refractivity (Wildman–Crippen MR) is 186 cm³/mol. The van der Waals surface area contributed by atoms with Crippen LogP contribution in [0.4, 0.5) is 10.8 Å². The first-order valence-corrected chi connectivity index (χ1v) is 16.4. The molecule has 5 aromatic rings. The summed E-state index contributed by atoms with van der Waals surface area (Å²) in [5.41, 5.74) is 4.63. The van der Waals surface area contributed by atoms with E-state index in [9.17, 15) is 14.4 Å². The van der Waals surface area contributed by atoms with Gasteiger partial charge in [-0.3, -0.25) is 14.4 Å². The van der Waals surface area contributed by atoms with Crippen LogP contribution in [0, 0.1) is 6.92 Å². The number of nitrogens with one attached hydrogen (secondary N) is 3. The van der Waals surface area contributed by atoms with Gasteiger partial charge in [0.05, 0.1) is 18.1 Å². The van der Waals surface area contributed by atoms with Gasteiger partial charge in [0.25, 0.3) is 11.8 Å². The van der Waals surface area contributed by atoms with E-state index in [0.29, 0.717) is 23.0 Å². The number of anilines is 2. The molecule has 0 saturated heterocycles. The molecule has 0 aliphatic heterocycles. The molecular weight excluding hydrogens is 617 g/mol. The molecule has 4 aromatic carbocycles. The highest BCUT2D eigenvalue weighted by molar-refractivity contribution is 8.00. The van der Waals surface area contributed by atoms with Gasteiger partial charge >= 0.3 is 0 Å². The largest absolute Gasteiger partial charge is 0.494 e. The quantitative estimate of drug-likeness (QED) is 0.0947. The van der Waals surface area contributed by atoms with Crippen LogP contribution < -0.4 is 20.7 Å². The van der Waals surface area contributed by atoms with E-state index in [-0.39, 0.29) is 17.4 Å². The summed E-state index contributed by atoms with van der Waals surface area (Å²) in [5.74, 6) is -0.113. The van der Waals surface area contributed by atoms with Crippen molar-refractivity contribution in [3.63, 3.8) is 0 Å². The van der Waals surface area contributed by atoms with Crippen LogP contribution in [0.3, 0.4) is 0 Å². The molecule has 0 bridgehead atoms. The molecule has 1 heterocycles. The van der Waals surface area contributed by atoms with Crippen molar-refractivity contribution in [3.8, 4) is 17.0 Å². The minimum absolute atomic E-state index is 0.100. The van der Waals surface area contributed by atoms with Gasteiger partial charge in [-0.2, -0.15) is 0 Å². The van der Waals surface area contributed by atoms with Crippen molar-refractivity contribution in [1.82, 2.24) is 10.3 Å². The number of amides is 3. The Morgan fingerprint density at radius 3 is 2.39 bits per heavy atom. The molecule has 0 spiro atoms. The highest BCUT2D eigenvalue weighted by Crippen LogP contribution is 2.27. The van der Waals surface area contributed by atoms with Crippen LogP contribution in [0.1, 0.15) is 28.4 Å². The molecule has 3 amide bonds. The Morgan fingerprint density at radius 1 is 0.891 bits per heavy atom. The lowest BCUT2D eigenvalue weighted by atomic mass is 10.1. The summed E-state index contributed by atoms with van der Waals surface area (Å²) in [5, 5.41) is 10.9. The molecule has 1 aromatic heterocycles. The van der Waals surface area contributed by atoms with Gasteiger partial charge in [-0.25, -0.2) is 4.98 Å². The molecule has 0 aliphatic carbocycles. The third-order valence-electron chi connectivity index (χ3n) is 6.59. The first-order chi connectivity index (χ1) is 22.4. The Labute approximate surface area is 275 Å². The molecule has 0 aliphatic rings. The number of ether oxygens (including phenoxy) is 1. The van der Waals surface area contributed by atoms with E-state index in [1.165, 1.54) is 23.1 Å². The highest BCUT2D eigenvalue weighted by atomic mass is 32.2. The van der Waals surface area contributed by atoms with Crippen molar-refractivity contribution in [3.05, 3.63) is 131 Å². The van der Waals surface area contributed by atoms with E-state index in [2.05, 4.69) is 20.9 Å². The molecule has 0 fully saturated rings. The number of aryl methyl sites for hydroxylation is 1. The van der Waals surface area contributed by atoms with E-state index in [1.807, 2.05) is 79.9 Å². The van der Waals surface area contributed by atoms with Gasteiger partial charge in [-0.15, -0.1) is 23.1 Å². The lowest BCUT2D eigenvalue weighted by Gasteiger charge is -2.12. The van der Waals surface area contributed by atoms with Gasteiger partial charge in [0.15, 0.2) is 5.13 Å². The average molecular weight is 649 g/mol. The number of aromatic nitrogens is 1. The van der Waals surface area contributed by atoms with E-state index in [0.717, 1.165) is 33.0 Å². The normalized spacial score (nSPS) is 11.0. The molecule has 8 nitrogen and oxygen atoms in total. The Balaban J connectivity index is 1.20. The second-order valence-electron chi connectivity index (χ2n) is 10.1. The molecule has 232 valence electrons. The van der Waals surface area contributed by atoms with E-state index in [4.69, 9.17) is 4.74 Å². The van der Waals surface area contributed by atoms with Crippen LogP contribution in [0.2, 0.25) is 0 Å². The predicted octanol–water partition coefficient (Wildman–Crippen LogP) is 7.66. The van der Waals surface area contributed by atoms with E-state index < -0.39 is 11.8 Å². The standard InChI is InChI=1S/C36H32N4O4S2/c1-3-44-29-18-16-26(17-19-29)32-22-46-36(39-32)40-33(41)23-45-30-11-7-10-28(21-30)37-35(43)31(20-25-14-12-24(2)13-15-25)38-34(42)27-8-5-4-6-9-27/h4-22H,3,23H2,1-2H3,(H,37,43)(H,38,42)(H,39,40,41)/b31-20-. The summed E-state index contributed by atoms with van der Waals surface area (Å²) in [6.07, 6.45) is 1.64. The number of nitrogens with zero attached hydrogens (tertiary/aromatic N) is 1. The monoisotopic (exact) mass is 648 g/mol. The first-order valence-electron chi connectivity index (χ1n) is 14.5. The second kappa shape index (κ2) is 15.7. The Kier molecular flexibility index (Phi) is 11.0. The Morgan fingerprint density at radius 2 is 1.65 bits per heavy atom. The number of hydrogen-bond acceptors (Lipinski definition) is 7. The fourth-order valence-electron chi connectivity index (χ4n) is 4.29. The SMILES string of the molecule is CCOc1ccc(-c2csc(NC(=O)CSc3cccc(NC(=O)/C(=C/c4ccc(C)cc4)NC(=O)c4ccccc4)c3)n2)cc1. The highest BCUT2D eigenvalue weighted by Gasteiger charge is 2.16. The summed E-state index contributed by atoms with van der Waals surface area (Å²) in [6, 6.07) is 31.2. The number of benzene rings is 4. The molecule has 0 atom stereocenters. The van der Waals surface area contributed by atoms with Crippen LogP contribution in [0.5, 0.6) is 5.75 Å². The fraction of sp³-hybridized carbons (Fsp3) is 0.111. The number of thioether (sulfide) groups is 1. The first kappa shape index (κ1) is 32.2. The van der Waals surface area contributed by atoms with E-state index in [1.54, 1.807) is 48.5 Å². The van der Waals surface area contributed by atoms with Crippen LogP contribution >= 0.6 is 23.1 Å². The second-order valence-corrected chi connectivity index (χ2v) is 12.0. The smallest absolute Gasteiger partial charge is 0.272 e. The average Bonchev–Trinajstić information content (AvgIpc) is 3.54. The lowest BCUT2D eigenvalue weighted by molar-refractivity contribution is -0.114. The number of carbonyl (C=O) groups is 3. The van der Waals surface area contributed by atoms with Gasteiger partial charge < -0.3 is 20.7 Å². The topological polar surface area (TPSA) is 109 Å². The van der Waals surface area contributed by atoms with Gasteiger partial charge in [-0.05, 0) is 80.1 Å². The van der Waals surface area contributed by atoms with Crippen LogP contribution in [-0.2, 0) is 9.59 Å². The summed E-state index contributed by atoms with van der Waals surface area (Å²) in [7, 11) is 0. The molecule has 5 rings (SSSR count). The zero-order valence-electron chi connectivity index (χ0n) is 25.3. The summed E-state index contributed by atoms with van der Waals surface area (Å²) < 4.78 is 5.49. The maximum atomic E-state index is 13.4. The number of hydrogen-bond donors (Lipinski definition) is 3. The molecule has 0 unspecified atom stereocenters. The van der Waals surface area contributed by atoms with Crippen molar-refractivity contribution in [1.29, 1.82) is 0 Å². The summed E-state index contributed by atoms with van der Waals surface area (Å²) in [6.45, 7) is 4.52. The third-order valence-corrected chi connectivity index (χ3v) is 8.34. The molecule has 3 N–H and O–H groups in total. The summed E-state index contributed by atoms with van der Waals surface area (Å²) in [4.78, 5) is 44.4. The van der Waals surface area contributed by atoms with Crippen molar-refractivity contribution >= 4 is 57.7 Å². The Bertz CT molecular complexity index is 1840. The maximum Gasteiger partial charge on any atom is 0.272 e. The molecule has 0 saturated carbocycles. The number of rotatable bonds is 12. The molecule has 0 radical (unpaired) electrons. The van der Waals surface area contributed by atoms with Gasteiger partial charge in [0.2, 0.25) is 5.91 Å². The Hall–Kier alpha value is -5.19. The zero-order chi connectivity index (χ0) is 32.3. The van der Waals surface area contributed by atoms with Crippen molar-refractivity contribution in [2.24, 2.45) is 0 Å². The van der Waals surface area contributed by atoms with Gasteiger partial charge in [0, 0.05) is 27.1 Å². The zero-order valence-corrected chi connectivity index (χ0v) is 26.9. The van der Waals surface area contributed by atoms with Crippen LogP contribution in [-0.4, -0.2) is 35.1 Å². The lowest BCUT2D eigenvalue weighted by Crippen LogP contribution is -2.30. The number of carbonyl (C=O) groups excluding carboxylic acids is 3. The van der Waals surface area contributed by atoms with Crippen molar-refractivity contribution in [2.75, 3.05) is 23.0 Å². The molecule has 10 heteroatoms. The van der Waals surface area contributed by atoms with Crippen LogP contribution in [0.25, 0.3) is 17.3 Å². The van der Waals surface area contributed by atoms with Crippen molar-refractivity contribution < 1.29 is 19.1 Å². The van der Waals surface area contributed by atoms with Gasteiger partial charge in [-0.1, -0.05) is 54.1 Å². The fourth-order valence-corrected chi connectivity index (χ4v) is 5.78. The minimum atomic E-state index is -0.475.